The third-order valence-electron chi connectivity index (χ3n) is 2.95. The fourth-order valence-electron chi connectivity index (χ4n) is 1.89. The second-order valence-corrected chi connectivity index (χ2v) is 4.43. The van der Waals surface area contributed by atoms with Crippen LogP contribution in [0, 0.1) is 0 Å². The maximum atomic E-state index is 5.95. The minimum atomic E-state index is 0.619. The predicted molar refractivity (Wildman–Crippen MR) is 71.6 cm³/mol. The van der Waals surface area contributed by atoms with Crippen molar-refractivity contribution in [2.75, 3.05) is 5.32 Å². The van der Waals surface area contributed by atoms with Crippen LogP contribution in [0.5, 0.6) is 0 Å². The molecule has 6 heteroatoms. The Balaban J connectivity index is 1.85. The van der Waals surface area contributed by atoms with Gasteiger partial charge in [-0.1, -0.05) is 17.7 Å². The quantitative estimate of drug-likeness (QED) is 0.762. The van der Waals surface area contributed by atoms with E-state index in [0.29, 0.717) is 11.7 Å². The van der Waals surface area contributed by atoms with Crippen LogP contribution >= 0.6 is 11.6 Å². The highest BCUT2D eigenvalue weighted by Crippen LogP contribution is 2.21. The molecule has 1 aromatic carbocycles. The van der Waals surface area contributed by atoms with Gasteiger partial charge >= 0.3 is 0 Å². The summed E-state index contributed by atoms with van der Waals surface area (Å²) >= 11 is 5.95. The number of H-pyrrole nitrogens is 1. The van der Waals surface area contributed by atoms with Gasteiger partial charge in [-0.2, -0.15) is 5.10 Å². The topological polar surface area (TPSA) is 58.5 Å². The first-order chi connectivity index (χ1) is 8.75. The smallest absolute Gasteiger partial charge is 0.128 e. The second kappa shape index (κ2) is 4.34. The van der Waals surface area contributed by atoms with Gasteiger partial charge < -0.3 is 9.88 Å². The van der Waals surface area contributed by atoms with Crippen LogP contribution in [0.25, 0.3) is 10.9 Å². The monoisotopic (exact) mass is 261 g/mol. The van der Waals surface area contributed by atoms with Crippen molar-refractivity contribution in [3.8, 4) is 0 Å². The zero-order chi connectivity index (χ0) is 12.5. The summed E-state index contributed by atoms with van der Waals surface area (Å²) in [5, 5.41) is 12.0. The maximum absolute atomic E-state index is 5.95. The molecule has 2 heterocycles. The summed E-state index contributed by atoms with van der Waals surface area (Å²) in [7, 11) is 1.89. The first-order valence-electron chi connectivity index (χ1n) is 5.58. The van der Waals surface area contributed by atoms with Crippen molar-refractivity contribution in [2.45, 2.75) is 6.54 Å². The van der Waals surface area contributed by atoms with E-state index in [1.165, 1.54) is 0 Å². The van der Waals surface area contributed by atoms with Crippen molar-refractivity contribution in [1.82, 2.24) is 19.7 Å². The minimum absolute atomic E-state index is 0.619. The summed E-state index contributed by atoms with van der Waals surface area (Å²) in [6.45, 7) is 0.619. The summed E-state index contributed by atoms with van der Waals surface area (Å²) in [4.78, 5) is 4.24. The van der Waals surface area contributed by atoms with Crippen LogP contribution < -0.4 is 5.32 Å². The summed E-state index contributed by atoms with van der Waals surface area (Å²) in [5.41, 5.74) is 2.04. The Hall–Kier alpha value is -2.01. The summed E-state index contributed by atoms with van der Waals surface area (Å²) in [6, 6.07) is 5.99. The molecule has 0 aliphatic rings. The van der Waals surface area contributed by atoms with Gasteiger partial charge in [0.05, 0.1) is 24.5 Å². The number of aromatic amines is 1. The van der Waals surface area contributed by atoms with E-state index < -0.39 is 0 Å². The second-order valence-electron chi connectivity index (χ2n) is 4.05. The van der Waals surface area contributed by atoms with Crippen molar-refractivity contribution in [3.63, 3.8) is 0 Å². The number of nitrogens with zero attached hydrogens (tertiary/aromatic N) is 3. The van der Waals surface area contributed by atoms with Gasteiger partial charge in [-0.25, -0.2) is 4.98 Å². The fourth-order valence-corrected chi connectivity index (χ4v) is 2.03. The normalized spacial score (nSPS) is 11.0. The Morgan fingerprint density at radius 3 is 3.06 bits per heavy atom. The highest BCUT2D eigenvalue weighted by Gasteiger charge is 2.06. The van der Waals surface area contributed by atoms with E-state index in [1.54, 1.807) is 6.20 Å². The van der Waals surface area contributed by atoms with Crippen LogP contribution in [-0.4, -0.2) is 19.7 Å². The molecule has 3 rings (SSSR count). The molecule has 0 bridgehead atoms. The Labute approximate surface area is 109 Å². The molecule has 0 unspecified atom stereocenters. The van der Waals surface area contributed by atoms with Crippen molar-refractivity contribution in [3.05, 3.63) is 41.6 Å². The Morgan fingerprint density at radius 2 is 2.28 bits per heavy atom. The number of aromatic nitrogens is 4. The molecular formula is C12H12ClN5. The lowest BCUT2D eigenvalue weighted by Gasteiger charge is -2.07. The van der Waals surface area contributed by atoms with Crippen molar-refractivity contribution in [2.24, 2.45) is 7.05 Å². The van der Waals surface area contributed by atoms with Gasteiger partial charge in [-0.15, -0.1) is 0 Å². The molecule has 5 nitrogen and oxygen atoms in total. The molecule has 0 atom stereocenters. The Bertz CT molecular complexity index is 685. The zero-order valence-electron chi connectivity index (χ0n) is 9.81. The van der Waals surface area contributed by atoms with Gasteiger partial charge in [0, 0.05) is 18.1 Å². The zero-order valence-corrected chi connectivity index (χ0v) is 10.6. The molecule has 0 spiro atoms. The lowest BCUT2D eigenvalue weighted by atomic mass is 10.2. The van der Waals surface area contributed by atoms with E-state index in [4.69, 9.17) is 11.6 Å². The number of hydrogen-bond acceptors (Lipinski definition) is 3. The number of rotatable bonds is 3. The van der Waals surface area contributed by atoms with Crippen molar-refractivity contribution < 1.29 is 0 Å². The SMILES string of the molecule is Cn1c(Cl)cnc1CNc1cccc2[nH]ncc12. The van der Waals surface area contributed by atoms with E-state index in [1.807, 2.05) is 36.0 Å². The van der Waals surface area contributed by atoms with Gasteiger partial charge in [-0.05, 0) is 12.1 Å². The van der Waals surface area contributed by atoms with Crippen LogP contribution in [-0.2, 0) is 13.6 Å². The van der Waals surface area contributed by atoms with Crippen molar-refractivity contribution in [1.29, 1.82) is 0 Å². The number of anilines is 1. The molecule has 0 aliphatic carbocycles. The van der Waals surface area contributed by atoms with Gasteiger partial charge in [0.15, 0.2) is 0 Å². The number of hydrogen-bond donors (Lipinski definition) is 2. The molecule has 0 saturated heterocycles. The van der Waals surface area contributed by atoms with E-state index in [9.17, 15) is 0 Å². The van der Waals surface area contributed by atoms with E-state index >= 15 is 0 Å². The molecule has 18 heavy (non-hydrogen) atoms. The van der Waals surface area contributed by atoms with E-state index in [0.717, 1.165) is 22.4 Å². The molecule has 92 valence electrons. The van der Waals surface area contributed by atoms with Gasteiger partial charge in [0.25, 0.3) is 0 Å². The van der Waals surface area contributed by atoms with Gasteiger partial charge in [-0.3, -0.25) is 5.10 Å². The minimum Gasteiger partial charge on any atom is -0.377 e. The fraction of sp³-hybridized carbons (Fsp3) is 0.167. The van der Waals surface area contributed by atoms with Crippen LogP contribution in [0.4, 0.5) is 5.69 Å². The first-order valence-corrected chi connectivity index (χ1v) is 5.95. The Morgan fingerprint density at radius 1 is 1.39 bits per heavy atom. The third-order valence-corrected chi connectivity index (χ3v) is 3.30. The highest BCUT2D eigenvalue weighted by atomic mass is 35.5. The van der Waals surface area contributed by atoms with Crippen LogP contribution in [0.3, 0.4) is 0 Å². The standard InChI is InChI=1S/C12H12ClN5/c1-18-11(13)6-15-12(18)7-14-9-3-2-4-10-8(9)5-16-17-10/h2-6,14H,7H2,1H3,(H,16,17). The lowest BCUT2D eigenvalue weighted by Crippen LogP contribution is -2.06. The van der Waals surface area contributed by atoms with E-state index in [-0.39, 0.29) is 0 Å². The number of imidazole rings is 1. The summed E-state index contributed by atoms with van der Waals surface area (Å²) in [6.07, 6.45) is 3.46. The number of benzene rings is 1. The third kappa shape index (κ3) is 1.82. The molecule has 0 fully saturated rings. The van der Waals surface area contributed by atoms with Gasteiger partial charge in [0.1, 0.15) is 11.0 Å². The number of fused-ring (bicyclic) bond motifs is 1. The molecule has 0 saturated carbocycles. The van der Waals surface area contributed by atoms with Gasteiger partial charge in [0.2, 0.25) is 0 Å². The largest absolute Gasteiger partial charge is 0.377 e. The lowest BCUT2D eigenvalue weighted by molar-refractivity contribution is 0.814. The molecular weight excluding hydrogens is 250 g/mol. The average molecular weight is 262 g/mol. The van der Waals surface area contributed by atoms with E-state index in [2.05, 4.69) is 20.5 Å². The van der Waals surface area contributed by atoms with Crippen molar-refractivity contribution >= 4 is 28.2 Å². The number of halogens is 1. The molecule has 3 aromatic rings. The highest BCUT2D eigenvalue weighted by molar-refractivity contribution is 6.29. The molecule has 0 radical (unpaired) electrons. The van der Waals surface area contributed by atoms with Crippen LogP contribution in [0.15, 0.2) is 30.6 Å². The first kappa shape index (κ1) is 11.1. The average Bonchev–Trinajstić information content (AvgIpc) is 2.97. The predicted octanol–water partition coefficient (Wildman–Crippen LogP) is 2.56. The van der Waals surface area contributed by atoms with Crippen LogP contribution in [0.2, 0.25) is 5.15 Å². The molecule has 0 amide bonds. The van der Waals surface area contributed by atoms with Crippen LogP contribution in [0.1, 0.15) is 5.82 Å². The maximum Gasteiger partial charge on any atom is 0.128 e. The summed E-state index contributed by atoms with van der Waals surface area (Å²) in [5.74, 6) is 0.889. The Kier molecular flexibility index (Phi) is 2.68. The number of nitrogens with one attached hydrogen (secondary N) is 2. The summed E-state index contributed by atoms with van der Waals surface area (Å²) < 4.78 is 1.85. The molecule has 2 aromatic heterocycles. The molecule has 2 N–H and O–H groups in total. The molecule has 0 aliphatic heterocycles.